The molecule has 0 heterocycles. The number of hydrogen-bond donors (Lipinski definition) is 2. The third kappa shape index (κ3) is 6.18. The van der Waals surface area contributed by atoms with E-state index in [2.05, 4.69) is 27.9 Å². The van der Waals surface area contributed by atoms with Gasteiger partial charge in [-0.05, 0) is 64.6 Å². The normalized spacial score (nSPS) is 11.2. The Hall–Kier alpha value is -1.51. The number of anilines is 1. The highest BCUT2D eigenvalue weighted by molar-refractivity contribution is 14.1. The van der Waals surface area contributed by atoms with Gasteiger partial charge in [0.05, 0.1) is 6.10 Å². The predicted octanol–water partition coefficient (Wildman–Crippen LogP) is 3.92. The molecule has 7 heteroatoms. The number of aliphatic hydroxyl groups excluding tert-OH is 1. The fourth-order valence-corrected chi connectivity index (χ4v) is 2.24. The van der Waals surface area contributed by atoms with Crippen molar-refractivity contribution < 1.29 is 14.6 Å². The molecule has 0 saturated carbocycles. The number of carbonyl (C=O) groups excluding carboxylic acids is 1. The van der Waals surface area contributed by atoms with Crippen molar-refractivity contribution >= 4 is 46.8 Å². The van der Waals surface area contributed by atoms with Gasteiger partial charge in [0.2, 0.25) is 0 Å². The molecule has 2 aromatic rings. The molecular weight excluding hydrogens is 443 g/mol. The standard InChI is InChI=1S/C17H19IN2O3.ClH/c1-20(2)17(22)23-15-5-3-4-12(10-15)16(21)11-19-14-8-6-13(18)7-9-14;/h3-10,16,19,21H,11H2,1-2H3;1H. The van der Waals surface area contributed by atoms with Crippen molar-refractivity contribution in [3.05, 3.63) is 57.7 Å². The molecule has 2 rings (SSSR count). The van der Waals surface area contributed by atoms with E-state index in [1.165, 1.54) is 4.90 Å². The Kier molecular flexibility index (Phi) is 8.30. The van der Waals surface area contributed by atoms with Crippen LogP contribution in [0.1, 0.15) is 11.7 Å². The van der Waals surface area contributed by atoms with Gasteiger partial charge in [-0.15, -0.1) is 12.4 Å². The van der Waals surface area contributed by atoms with E-state index in [9.17, 15) is 9.90 Å². The van der Waals surface area contributed by atoms with Gasteiger partial charge in [0.1, 0.15) is 5.75 Å². The largest absolute Gasteiger partial charge is 0.414 e. The molecule has 0 bridgehead atoms. The van der Waals surface area contributed by atoms with Crippen molar-refractivity contribution in [1.82, 2.24) is 4.90 Å². The van der Waals surface area contributed by atoms with E-state index in [1.807, 2.05) is 24.3 Å². The second-order valence-electron chi connectivity index (χ2n) is 5.24. The third-order valence-corrected chi connectivity index (χ3v) is 3.88. The number of ether oxygens (including phenoxy) is 1. The average molecular weight is 463 g/mol. The van der Waals surface area contributed by atoms with Gasteiger partial charge in [-0.2, -0.15) is 0 Å². The summed E-state index contributed by atoms with van der Waals surface area (Å²) in [6.07, 6.45) is -1.15. The monoisotopic (exact) mass is 462 g/mol. The summed E-state index contributed by atoms with van der Waals surface area (Å²) in [4.78, 5) is 12.9. The smallest absolute Gasteiger partial charge is 0.410 e. The van der Waals surface area contributed by atoms with Crippen LogP contribution in [0, 0.1) is 3.57 Å². The molecule has 24 heavy (non-hydrogen) atoms. The van der Waals surface area contributed by atoms with Crippen LogP contribution in [0.2, 0.25) is 0 Å². The zero-order valence-corrected chi connectivity index (χ0v) is 16.4. The zero-order valence-electron chi connectivity index (χ0n) is 13.4. The second kappa shape index (κ2) is 9.71. The summed E-state index contributed by atoms with van der Waals surface area (Å²) >= 11 is 2.24. The molecule has 0 spiro atoms. The summed E-state index contributed by atoms with van der Waals surface area (Å²) in [7, 11) is 3.23. The van der Waals surface area contributed by atoms with Crippen LogP contribution in [0.3, 0.4) is 0 Å². The van der Waals surface area contributed by atoms with Crippen LogP contribution in [0.5, 0.6) is 5.75 Å². The van der Waals surface area contributed by atoms with Crippen molar-refractivity contribution in [2.24, 2.45) is 0 Å². The maximum absolute atomic E-state index is 11.6. The number of amides is 1. The zero-order chi connectivity index (χ0) is 16.8. The van der Waals surface area contributed by atoms with E-state index in [1.54, 1.807) is 38.4 Å². The van der Waals surface area contributed by atoms with Crippen LogP contribution in [-0.2, 0) is 0 Å². The molecule has 0 aliphatic heterocycles. The Morgan fingerprint density at radius 3 is 2.54 bits per heavy atom. The van der Waals surface area contributed by atoms with Crippen molar-refractivity contribution in [2.45, 2.75) is 6.10 Å². The fourth-order valence-electron chi connectivity index (χ4n) is 1.88. The molecule has 1 atom stereocenters. The van der Waals surface area contributed by atoms with Crippen LogP contribution in [0.15, 0.2) is 48.5 Å². The first-order valence-corrected chi connectivity index (χ1v) is 8.20. The van der Waals surface area contributed by atoms with Gasteiger partial charge in [-0.1, -0.05) is 12.1 Å². The lowest BCUT2D eigenvalue weighted by molar-refractivity contribution is 0.170. The first-order chi connectivity index (χ1) is 11.0. The lowest BCUT2D eigenvalue weighted by Crippen LogP contribution is -2.25. The van der Waals surface area contributed by atoms with E-state index < -0.39 is 12.2 Å². The van der Waals surface area contributed by atoms with Crippen molar-refractivity contribution in [3.8, 4) is 5.75 Å². The SMILES string of the molecule is CN(C)C(=O)Oc1cccc(C(O)CNc2ccc(I)cc2)c1.Cl. The van der Waals surface area contributed by atoms with Crippen LogP contribution in [0.25, 0.3) is 0 Å². The summed E-state index contributed by atoms with van der Waals surface area (Å²) in [5, 5.41) is 13.5. The number of benzene rings is 2. The number of nitrogens with one attached hydrogen (secondary N) is 1. The number of nitrogens with zero attached hydrogens (tertiary/aromatic N) is 1. The average Bonchev–Trinajstić information content (AvgIpc) is 2.54. The molecule has 1 unspecified atom stereocenters. The fraction of sp³-hybridized carbons (Fsp3) is 0.235. The highest BCUT2D eigenvalue weighted by atomic mass is 127. The minimum Gasteiger partial charge on any atom is -0.410 e. The first-order valence-electron chi connectivity index (χ1n) is 7.12. The molecule has 130 valence electrons. The number of hydrogen-bond acceptors (Lipinski definition) is 4. The van der Waals surface area contributed by atoms with Gasteiger partial charge in [0.15, 0.2) is 0 Å². The number of carbonyl (C=O) groups is 1. The Labute approximate surface area is 161 Å². The summed E-state index contributed by atoms with van der Waals surface area (Å²) in [5.41, 5.74) is 1.63. The lowest BCUT2D eigenvalue weighted by Gasteiger charge is -2.15. The molecular formula is C17H20ClIN2O3. The van der Waals surface area contributed by atoms with Gasteiger partial charge in [-0.3, -0.25) is 0 Å². The molecule has 0 aliphatic carbocycles. The van der Waals surface area contributed by atoms with Gasteiger partial charge in [0, 0.05) is 29.9 Å². The Balaban J connectivity index is 0.00000288. The Morgan fingerprint density at radius 2 is 1.92 bits per heavy atom. The number of rotatable bonds is 5. The second-order valence-corrected chi connectivity index (χ2v) is 6.48. The molecule has 2 aromatic carbocycles. The molecule has 0 fully saturated rings. The molecule has 0 radical (unpaired) electrons. The quantitative estimate of drug-likeness (QED) is 0.661. The van der Waals surface area contributed by atoms with Crippen LogP contribution < -0.4 is 10.1 Å². The maximum Gasteiger partial charge on any atom is 0.414 e. The van der Waals surface area contributed by atoms with E-state index in [0.29, 0.717) is 17.9 Å². The van der Waals surface area contributed by atoms with E-state index in [0.717, 1.165) is 9.26 Å². The molecule has 0 aromatic heterocycles. The topological polar surface area (TPSA) is 61.8 Å². The van der Waals surface area contributed by atoms with E-state index in [-0.39, 0.29) is 12.4 Å². The highest BCUT2D eigenvalue weighted by Crippen LogP contribution is 2.21. The van der Waals surface area contributed by atoms with Crippen molar-refractivity contribution in [2.75, 3.05) is 26.0 Å². The minimum absolute atomic E-state index is 0. The van der Waals surface area contributed by atoms with Crippen LogP contribution in [-0.4, -0.2) is 36.7 Å². The summed E-state index contributed by atoms with van der Waals surface area (Å²) in [5.74, 6) is 0.412. The van der Waals surface area contributed by atoms with Gasteiger partial charge in [-0.25, -0.2) is 4.79 Å². The predicted molar refractivity (Wildman–Crippen MR) is 106 cm³/mol. The first kappa shape index (κ1) is 20.5. The third-order valence-electron chi connectivity index (χ3n) is 3.16. The van der Waals surface area contributed by atoms with Gasteiger partial charge in [0.25, 0.3) is 0 Å². The van der Waals surface area contributed by atoms with E-state index >= 15 is 0 Å². The van der Waals surface area contributed by atoms with Crippen LogP contribution in [0.4, 0.5) is 10.5 Å². The van der Waals surface area contributed by atoms with Crippen LogP contribution >= 0.6 is 35.0 Å². The maximum atomic E-state index is 11.6. The Bertz CT molecular complexity index is 665. The number of halogens is 2. The molecule has 0 saturated heterocycles. The molecule has 0 aliphatic rings. The molecule has 5 nitrogen and oxygen atoms in total. The van der Waals surface area contributed by atoms with Gasteiger partial charge < -0.3 is 20.1 Å². The minimum atomic E-state index is -0.702. The van der Waals surface area contributed by atoms with E-state index in [4.69, 9.17) is 4.74 Å². The van der Waals surface area contributed by atoms with Crippen molar-refractivity contribution in [3.63, 3.8) is 0 Å². The highest BCUT2D eigenvalue weighted by Gasteiger charge is 2.11. The molecule has 1 amide bonds. The van der Waals surface area contributed by atoms with Crippen molar-refractivity contribution in [1.29, 1.82) is 0 Å². The van der Waals surface area contributed by atoms with Gasteiger partial charge >= 0.3 is 6.09 Å². The summed E-state index contributed by atoms with van der Waals surface area (Å²) < 4.78 is 6.35. The Morgan fingerprint density at radius 1 is 1.25 bits per heavy atom. The number of aliphatic hydroxyl groups is 1. The summed E-state index contributed by atoms with van der Waals surface area (Å²) in [6, 6.07) is 14.8. The lowest BCUT2D eigenvalue weighted by atomic mass is 10.1. The summed E-state index contributed by atoms with van der Waals surface area (Å²) in [6.45, 7) is 0.367. The molecule has 2 N–H and O–H groups in total.